The Morgan fingerprint density at radius 3 is 2.62 bits per heavy atom. The lowest BCUT2D eigenvalue weighted by molar-refractivity contribution is -0.147. The van der Waals surface area contributed by atoms with Gasteiger partial charge in [0.25, 0.3) is 5.91 Å². The average molecular weight is 422 g/mol. The second-order valence-electron chi connectivity index (χ2n) is 7.18. The highest BCUT2D eigenvalue weighted by molar-refractivity contribution is 8.00. The van der Waals surface area contributed by atoms with Crippen molar-refractivity contribution < 1.29 is 23.1 Å². The highest BCUT2D eigenvalue weighted by Gasteiger charge is 2.44. The molecule has 0 aliphatic carbocycles. The molecule has 2 aliphatic rings. The summed E-state index contributed by atoms with van der Waals surface area (Å²) in [6, 6.07) is 3.22. The molecule has 0 N–H and O–H groups in total. The van der Waals surface area contributed by atoms with Crippen LogP contribution in [0.15, 0.2) is 23.4 Å². The Hall–Kier alpha value is -2.33. The lowest BCUT2D eigenvalue weighted by atomic mass is 9.92. The quantitative estimate of drug-likeness (QED) is 0.701. The minimum Gasteiger partial charge on any atom is -0.469 e. The van der Waals surface area contributed by atoms with Gasteiger partial charge in [0.05, 0.1) is 19.1 Å². The van der Waals surface area contributed by atoms with Gasteiger partial charge in [-0.1, -0.05) is 17.8 Å². The van der Waals surface area contributed by atoms with E-state index in [9.17, 15) is 18.4 Å². The van der Waals surface area contributed by atoms with E-state index in [-0.39, 0.29) is 17.8 Å². The third kappa shape index (κ3) is 3.66. The smallest absolute Gasteiger partial charge is 0.308 e. The number of hydrogen-bond donors (Lipinski definition) is 0. The van der Waals surface area contributed by atoms with Gasteiger partial charge in [-0.25, -0.2) is 13.8 Å². The Morgan fingerprint density at radius 2 is 2.00 bits per heavy atom. The molecule has 10 heteroatoms. The number of rotatable bonds is 4. The van der Waals surface area contributed by atoms with Crippen LogP contribution >= 0.6 is 11.8 Å². The van der Waals surface area contributed by atoms with E-state index in [0.717, 1.165) is 12.1 Å². The summed E-state index contributed by atoms with van der Waals surface area (Å²) in [6.07, 6.45) is 1.14. The normalized spacial score (nSPS) is 21.2. The molecule has 1 saturated heterocycles. The average Bonchev–Trinajstić information content (AvgIpc) is 3.22. The number of aryl methyl sites for hydroxylation is 1. The molecule has 2 unspecified atom stereocenters. The van der Waals surface area contributed by atoms with Crippen molar-refractivity contribution in [3.8, 4) is 0 Å². The molecule has 0 radical (unpaired) electrons. The highest BCUT2D eigenvalue weighted by Crippen LogP contribution is 2.42. The number of benzene rings is 1. The van der Waals surface area contributed by atoms with Gasteiger partial charge in [-0.2, -0.15) is 4.68 Å². The fourth-order valence-corrected chi connectivity index (χ4v) is 5.25. The minimum atomic E-state index is -0.959. The van der Waals surface area contributed by atoms with Crippen LogP contribution < -0.4 is 0 Å². The van der Waals surface area contributed by atoms with E-state index in [0.29, 0.717) is 42.5 Å². The Kier molecular flexibility index (Phi) is 5.39. The van der Waals surface area contributed by atoms with Crippen molar-refractivity contribution in [1.82, 2.24) is 19.7 Å². The van der Waals surface area contributed by atoms with E-state index in [2.05, 4.69) is 10.1 Å². The number of ether oxygens (including phenoxy) is 1. The standard InChI is InChI=1S/C19H20F2N4O3S/c1-10-22-19-25(23-10)17(26)16(29-19)15(12-3-4-13(20)14(21)9-12)24-7-5-11(6-8-24)18(27)28-2/h3-4,9,11,15-16H,5-8H2,1-2H3. The van der Waals surface area contributed by atoms with Crippen LogP contribution in [0.3, 0.4) is 0 Å². The van der Waals surface area contributed by atoms with E-state index in [1.807, 2.05) is 4.90 Å². The van der Waals surface area contributed by atoms with Crippen LogP contribution in [0.2, 0.25) is 0 Å². The van der Waals surface area contributed by atoms with Gasteiger partial charge >= 0.3 is 5.97 Å². The maximum absolute atomic E-state index is 14.0. The Bertz CT molecular complexity index is 959. The van der Waals surface area contributed by atoms with Crippen molar-refractivity contribution in [2.45, 2.75) is 36.2 Å². The molecule has 1 aromatic heterocycles. The number of likely N-dealkylation sites (tertiary alicyclic amines) is 1. The molecule has 0 bridgehead atoms. The largest absolute Gasteiger partial charge is 0.469 e. The molecular formula is C19H20F2N4O3S. The van der Waals surface area contributed by atoms with Gasteiger partial charge in [0.2, 0.25) is 0 Å². The molecule has 7 nitrogen and oxygen atoms in total. The van der Waals surface area contributed by atoms with E-state index in [1.54, 1.807) is 6.92 Å². The predicted octanol–water partition coefficient (Wildman–Crippen LogP) is 2.61. The van der Waals surface area contributed by atoms with Gasteiger partial charge in [-0.05, 0) is 50.6 Å². The number of methoxy groups -OCH3 is 1. The Labute approximate surface area is 170 Å². The van der Waals surface area contributed by atoms with Gasteiger partial charge in [0, 0.05) is 0 Å². The lowest BCUT2D eigenvalue weighted by Gasteiger charge is -2.38. The van der Waals surface area contributed by atoms with Crippen LogP contribution in [-0.4, -0.2) is 57.0 Å². The topological polar surface area (TPSA) is 77.3 Å². The van der Waals surface area contributed by atoms with Crippen LogP contribution in [0.4, 0.5) is 8.78 Å². The molecule has 2 atom stereocenters. The summed E-state index contributed by atoms with van der Waals surface area (Å²) in [7, 11) is 1.36. The predicted molar refractivity (Wildman–Crippen MR) is 100 cm³/mol. The number of thioether (sulfide) groups is 1. The molecular weight excluding hydrogens is 402 g/mol. The van der Waals surface area contributed by atoms with E-state index in [4.69, 9.17) is 4.74 Å². The first-order valence-electron chi connectivity index (χ1n) is 9.30. The summed E-state index contributed by atoms with van der Waals surface area (Å²) in [5, 5.41) is 4.05. The van der Waals surface area contributed by atoms with Crippen molar-refractivity contribution in [1.29, 1.82) is 0 Å². The van der Waals surface area contributed by atoms with E-state index >= 15 is 0 Å². The second kappa shape index (κ2) is 7.83. The number of halogens is 2. The minimum absolute atomic E-state index is 0.200. The van der Waals surface area contributed by atoms with E-state index in [1.165, 1.54) is 29.6 Å². The maximum atomic E-state index is 14.0. The zero-order valence-corrected chi connectivity index (χ0v) is 16.8. The number of piperidine rings is 1. The number of esters is 1. The van der Waals surface area contributed by atoms with Crippen molar-refractivity contribution in [3.05, 3.63) is 41.2 Å². The number of carbonyl (C=O) groups is 2. The maximum Gasteiger partial charge on any atom is 0.308 e. The molecule has 2 aliphatic heterocycles. The number of nitrogens with zero attached hydrogens (tertiary/aromatic N) is 4. The number of hydrogen-bond acceptors (Lipinski definition) is 7. The Morgan fingerprint density at radius 1 is 1.28 bits per heavy atom. The summed E-state index contributed by atoms with van der Waals surface area (Å²) < 4.78 is 33.6. The van der Waals surface area contributed by atoms with Crippen LogP contribution in [0.5, 0.6) is 0 Å². The van der Waals surface area contributed by atoms with Gasteiger partial charge in [0.15, 0.2) is 16.8 Å². The number of fused-ring (bicyclic) bond motifs is 1. The monoisotopic (exact) mass is 422 g/mol. The van der Waals surface area contributed by atoms with Crippen molar-refractivity contribution in [2.24, 2.45) is 5.92 Å². The fraction of sp³-hybridized carbons (Fsp3) is 0.474. The van der Waals surface area contributed by atoms with Crippen LogP contribution in [0.25, 0.3) is 0 Å². The number of carbonyl (C=O) groups excluding carboxylic acids is 2. The number of aromatic nitrogens is 3. The van der Waals surface area contributed by atoms with Crippen molar-refractivity contribution in [2.75, 3.05) is 20.2 Å². The highest BCUT2D eigenvalue weighted by atomic mass is 32.2. The first-order chi connectivity index (χ1) is 13.9. The molecule has 154 valence electrons. The molecule has 4 rings (SSSR count). The summed E-state index contributed by atoms with van der Waals surface area (Å²) in [5.41, 5.74) is 0.508. The van der Waals surface area contributed by atoms with Crippen LogP contribution in [-0.2, 0) is 9.53 Å². The second-order valence-corrected chi connectivity index (χ2v) is 8.29. The van der Waals surface area contributed by atoms with Gasteiger partial charge in [-0.3, -0.25) is 14.5 Å². The molecule has 0 saturated carbocycles. The van der Waals surface area contributed by atoms with Crippen LogP contribution in [0.1, 0.15) is 35.1 Å². The Balaban J connectivity index is 1.64. The molecule has 1 fully saturated rings. The molecule has 0 spiro atoms. The van der Waals surface area contributed by atoms with Gasteiger partial charge in [-0.15, -0.1) is 5.10 Å². The molecule has 3 heterocycles. The summed E-state index contributed by atoms with van der Waals surface area (Å²) >= 11 is 1.27. The first-order valence-corrected chi connectivity index (χ1v) is 10.2. The molecule has 0 amide bonds. The lowest BCUT2D eigenvalue weighted by Crippen LogP contribution is -2.44. The third-order valence-electron chi connectivity index (χ3n) is 5.40. The van der Waals surface area contributed by atoms with Gasteiger partial charge in [0.1, 0.15) is 11.1 Å². The summed E-state index contributed by atoms with van der Waals surface area (Å²) in [4.78, 5) is 31.2. The van der Waals surface area contributed by atoms with Crippen molar-refractivity contribution in [3.63, 3.8) is 0 Å². The zero-order valence-electron chi connectivity index (χ0n) is 16.0. The molecule has 1 aromatic carbocycles. The third-order valence-corrected chi connectivity index (χ3v) is 6.59. The van der Waals surface area contributed by atoms with Crippen molar-refractivity contribution >= 4 is 23.6 Å². The summed E-state index contributed by atoms with van der Waals surface area (Å²) in [5.74, 6) is -2.08. The first kappa shape index (κ1) is 20.0. The summed E-state index contributed by atoms with van der Waals surface area (Å²) in [6.45, 7) is 2.77. The van der Waals surface area contributed by atoms with Gasteiger partial charge < -0.3 is 4.74 Å². The molecule has 2 aromatic rings. The fourth-order valence-electron chi connectivity index (χ4n) is 3.95. The van der Waals surface area contributed by atoms with Crippen LogP contribution in [0, 0.1) is 24.5 Å². The molecule has 29 heavy (non-hydrogen) atoms. The zero-order chi connectivity index (χ0) is 20.7. The SMILES string of the molecule is COC(=O)C1CCN(C(c2ccc(F)c(F)c2)C2Sc3nc(C)nn3C2=O)CC1. The van der Waals surface area contributed by atoms with E-state index < -0.39 is 22.9 Å².